The summed E-state index contributed by atoms with van der Waals surface area (Å²) in [6.07, 6.45) is 7.73. The molecule has 1 N–H and O–H groups in total. The zero-order valence-electron chi connectivity index (χ0n) is 9.24. The van der Waals surface area contributed by atoms with E-state index in [9.17, 15) is 0 Å². The van der Waals surface area contributed by atoms with Crippen LogP contribution >= 0.6 is 0 Å². The van der Waals surface area contributed by atoms with Crippen LogP contribution in [0.5, 0.6) is 0 Å². The SMILES string of the molecule is CCCCCNCC(C)n1cccn1. The molecule has 0 aromatic carbocycles. The van der Waals surface area contributed by atoms with E-state index in [4.69, 9.17) is 0 Å². The monoisotopic (exact) mass is 195 g/mol. The molecule has 1 aromatic rings. The topological polar surface area (TPSA) is 29.9 Å². The largest absolute Gasteiger partial charge is 0.315 e. The normalized spacial score (nSPS) is 13.0. The van der Waals surface area contributed by atoms with Gasteiger partial charge in [-0.3, -0.25) is 4.68 Å². The molecule has 0 bridgehead atoms. The van der Waals surface area contributed by atoms with E-state index >= 15 is 0 Å². The predicted molar refractivity (Wildman–Crippen MR) is 59.3 cm³/mol. The van der Waals surface area contributed by atoms with Gasteiger partial charge in [-0.05, 0) is 26.0 Å². The zero-order valence-corrected chi connectivity index (χ0v) is 9.24. The summed E-state index contributed by atoms with van der Waals surface area (Å²) in [5, 5.41) is 7.66. The highest BCUT2D eigenvalue weighted by molar-refractivity contribution is 4.80. The molecule has 80 valence electrons. The van der Waals surface area contributed by atoms with Crippen LogP contribution in [0.15, 0.2) is 18.5 Å². The Morgan fingerprint density at radius 3 is 2.93 bits per heavy atom. The average Bonchev–Trinajstić information content (AvgIpc) is 2.70. The Labute approximate surface area is 86.5 Å². The standard InChI is InChI=1S/C11H21N3/c1-3-4-5-7-12-10-11(2)14-9-6-8-13-14/h6,8-9,11-12H,3-5,7,10H2,1-2H3. The van der Waals surface area contributed by atoms with E-state index < -0.39 is 0 Å². The maximum Gasteiger partial charge on any atom is 0.0615 e. The van der Waals surface area contributed by atoms with E-state index in [0.717, 1.165) is 13.1 Å². The lowest BCUT2D eigenvalue weighted by Gasteiger charge is -2.12. The highest BCUT2D eigenvalue weighted by Crippen LogP contribution is 2.00. The summed E-state index contributed by atoms with van der Waals surface area (Å²) in [7, 11) is 0. The average molecular weight is 195 g/mol. The summed E-state index contributed by atoms with van der Waals surface area (Å²) in [5.74, 6) is 0. The van der Waals surface area contributed by atoms with Gasteiger partial charge in [-0.25, -0.2) is 0 Å². The minimum absolute atomic E-state index is 0.451. The second-order valence-electron chi connectivity index (χ2n) is 3.75. The number of rotatable bonds is 7. The van der Waals surface area contributed by atoms with Crippen LogP contribution in [0.3, 0.4) is 0 Å². The van der Waals surface area contributed by atoms with Crippen LogP contribution in [0.25, 0.3) is 0 Å². The highest BCUT2D eigenvalue weighted by atomic mass is 15.3. The zero-order chi connectivity index (χ0) is 10.2. The fraction of sp³-hybridized carbons (Fsp3) is 0.727. The van der Waals surface area contributed by atoms with Crippen molar-refractivity contribution in [3.8, 4) is 0 Å². The van der Waals surface area contributed by atoms with Crippen molar-refractivity contribution in [2.75, 3.05) is 13.1 Å². The lowest BCUT2D eigenvalue weighted by Crippen LogP contribution is -2.24. The van der Waals surface area contributed by atoms with Crippen LogP contribution in [-0.2, 0) is 0 Å². The van der Waals surface area contributed by atoms with Crippen LogP contribution in [0.1, 0.15) is 39.2 Å². The van der Waals surface area contributed by atoms with Gasteiger partial charge in [0, 0.05) is 18.9 Å². The first kappa shape index (κ1) is 11.2. The molecule has 14 heavy (non-hydrogen) atoms. The van der Waals surface area contributed by atoms with E-state index in [1.165, 1.54) is 19.3 Å². The molecule has 0 aliphatic rings. The summed E-state index contributed by atoms with van der Waals surface area (Å²) >= 11 is 0. The van der Waals surface area contributed by atoms with Gasteiger partial charge in [0.25, 0.3) is 0 Å². The van der Waals surface area contributed by atoms with E-state index in [-0.39, 0.29) is 0 Å². The van der Waals surface area contributed by atoms with Gasteiger partial charge in [-0.2, -0.15) is 5.10 Å². The number of hydrogen-bond acceptors (Lipinski definition) is 2. The molecule has 0 saturated heterocycles. The molecular formula is C11H21N3. The van der Waals surface area contributed by atoms with Gasteiger partial charge < -0.3 is 5.32 Å². The minimum Gasteiger partial charge on any atom is -0.315 e. The fourth-order valence-electron chi connectivity index (χ4n) is 1.45. The van der Waals surface area contributed by atoms with Crippen LogP contribution < -0.4 is 5.32 Å². The Balaban J connectivity index is 2.07. The molecule has 0 radical (unpaired) electrons. The smallest absolute Gasteiger partial charge is 0.0615 e. The highest BCUT2D eigenvalue weighted by Gasteiger charge is 2.02. The second kappa shape index (κ2) is 6.60. The van der Waals surface area contributed by atoms with E-state index in [0.29, 0.717) is 6.04 Å². The quantitative estimate of drug-likeness (QED) is 0.676. The van der Waals surface area contributed by atoms with Gasteiger partial charge in [0.1, 0.15) is 0 Å². The summed E-state index contributed by atoms with van der Waals surface area (Å²) in [5.41, 5.74) is 0. The van der Waals surface area contributed by atoms with Crippen molar-refractivity contribution in [3.05, 3.63) is 18.5 Å². The molecule has 0 aliphatic heterocycles. The van der Waals surface area contributed by atoms with Crippen molar-refractivity contribution >= 4 is 0 Å². The number of hydrogen-bond donors (Lipinski definition) is 1. The van der Waals surface area contributed by atoms with E-state index in [1.807, 2.05) is 23.1 Å². The van der Waals surface area contributed by atoms with Gasteiger partial charge in [0.05, 0.1) is 6.04 Å². The van der Waals surface area contributed by atoms with Gasteiger partial charge in [0.2, 0.25) is 0 Å². The Bertz CT molecular complexity index is 218. The Morgan fingerprint density at radius 2 is 2.29 bits per heavy atom. The minimum atomic E-state index is 0.451. The molecule has 1 rings (SSSR count). The molecule has 1 aromatic heterocycles. The molecule has 1 atom stereocenters. The Kier molecular flexibility index (Phi) is 5.30. The lowest BCUT2D eigenvalue weighted by molar-refractivity contribution is 0.449. The second-order valence-corrected chi connectivity index (χ2v) is 3.75. The molecule has 0 fully saturated rings. The third-order valence-corrected chi connectivity index (χ3v) is 2.37. The predicted octanol–water partition coefficient (Wildman–Crippen LogP) is 2.22. The summed E-state index contributed by atoms with van der Waals surface area (Å²) in [6, 6.07) is 2.42. The Hall–Kier alpha value is -0.830. The fourth-order valence-corrected chi connectivity index (χ4v) is 1.45. The van der Waals surface area contributed by atoms with Crippen LogP contribution in [0.4, 0.5) is 0 Å². The van der Waals surface area contributed by atoms with Crippen molar-refractivity contribution in [1.82, 2.24) is 15.1 Å². The molecule has 0 aliphatic carbocycles. The summed E-state index contributed by atoms with van der Waals surface area (Å²) in [4.78, 5) is 0. The maximum atomic E-state index is 4.21. The maximum absolute atomic E-state index is 4.21. The van der Waals surface area contributed by atoms with Crippen LogP contribution in [0, 0.1) is 0 Å². The van der Waals surface area contributed by atoms with Gasteiger partial charge in [-0.1, -0.05) is 19.8 Å². The third-order valence-electron chi connectivity index (χ3n) is 2.37. The third kappa shape index (κ3) is 3.92. The first-order valence-electron chi connectivity index (χ1n) is 5.54. The molecule has 0 amide bonds. The molecule has 1 unspecified atom stereocenters. The molecule has 0 spiro atoms. The van der Waals surface area contributed by atoms with Crippen molar-refractivity contribution in [1.29, 1.82) is 0 Å². The van der Waals surface area contributed by atoms with E-state index in [2.05, 4.69) is 24.3 Å². The van der Waals surface area contributed by atoms with Gasteiger partial charge in [0.15, 0.2) is 0 Å². The van der Waals surface area contributed by atoms with Gasteiger partial charge in [-0.15, -0.1) is 0 Å². The van der Waals surface area contributed by atoms with Crippen LogP contribution in [0.2, 0.25) is 0 Å². The number of unbranched alkanes of at least 4 members (excludes halogenated alkanes) is 2. The van der Waals surface area contributed by atoms with Crippen molar-refractivity contribution < 1.29 is 0 Å². The lowest BCUT2D eigenvalue weighted by atomic mass is 10.2. The Morgan fingerprint density at radius 1 is 1.43 bits per heavy atom. The summed E-state index contributed by atoms with van der Waals surface area (Å²) < 4.78 is 1.99. The molecule has 3 nitrogen and oxygen atoms in total. The number of aromatic nitrogens is 2. The van der Waals surface area contributed by atoms with Crippen molar-refractivity contribution in [2.45, 2.75) is 39.2 Å². The molecular weight excluding hydrogens is 174 g/mol. The van der Waals surface area contributed by atoms with Crippen molar-refractivity contribution in [2.24, 2.45) is 0 Å². The molecule has 1 heterocycles. The van der Waals surface area contributed by atoms with Crippen molar-refractivity contribution in [3.63, 3.8) is 0 Å². The van der Waals surface area contributed by atoms with E-state index in [1.54, 1.807) is 0 Å². The molecule has 0 saturated carbocycles. The number of nitrogens with zero attached hydrogens (tertiary/aromatic N) is 2. The number of nitrogens with one attached hydrogen (secondary N) is 1. The first-order valence-corrected chi connectivity index (χ1v) is 5.54. The molecule has 3 heteroatoms. The van der Waals surface area contributed by atoms with Gasteiger partial charge >= 0.3 is 0 Å². The summed E-state index contributed by atoms with van der Waals surface area (Å²) in [6.45, 7) is 6.54. The van der Waals surface area contributed by atoms with Crippen LogP contribution in [-0.4, -0.2) is 22.9 Å². The first-order chi connectivity index (χ1) is 6.84.